The Labute approximate surface area is 75.2 Å². The summed E-state index contributed by atoms with van der Waals surface area (Å²) >= 11 is 0. The van der Waals surface area contributed by atoms with E-state index in [1.54, 1.807) is 18.2 Å². The van der Waals surface area contributed by atoms with E-state index in [0.717, 1.165) is 5.56 Å². The third kappa shape index (κ3) is 2.74. The van der Waals surface area contributed by atoms with Crippen LogP contribution < -0.4 is 5.32 Å². The van der Waals surface area contributed by atoms with Gasteiger partial charge in [0, 0.05) is 5.69 Å². The number of carboxylic acids is 1. The van der Waals surface area contributed by atoms with Crippen LogP contribution in [0.1, 0.15) is 5.56 Å². The molecule has 1 atom stereocenters. The Morgan fingerprint density at radius 2 is 2.31 bits per heavy atom. The lowest BCUT2D eigenvalue weighted by molar-refractivity contribution is -0.141. The third-order valence-corrected chi connectivity index (χ3v) is 1.53. The predicted molar refractivity (Wildman–Crippen MR) is 47.3 cm³/mol. The second-order valence-corrected chi connectivity index (χ2v) is 2.71. The molecule has 0 aliphatic heterocycles. The number of rotatable bonds is 3. The summed E-state index contributed by atoms with van der Waals surface area (Å²) in [5.74, 6) is -1.51. The topological polar surface area (TPSA) is 49.3 Å². The van der Waals surface area contributed by atoms with Gasteiger partial charge in [-0.15, -0.1) is 0 Å². The fourth-order valence-electron chi connectivity index (χ4n) is 0.943. The smallest absolute Gasteiger partial charge is 0.359 e. The van der Waals surface area contributed by atoms with Gasteiger partial charge in [0.2, 0.25) is 0 Å². The lowest BCUT2D eigenvalue weighted by atomic mass is 10.2. The van der Waals surface area contributed by atoms with E-state index in [1.165, 1.54) is 0 Å². The second kappa shape index (κ2) is 3.89. The molecule has 4 heteroatoms. The van der Waals surface area contributed by atoms with E-state index in [1.807, 2.05) is 13.0 Å². The van der Waals surface area contributed by atoms with Crippen molar-refractivity contribution >= 4 is 11.7 Å². The number of halogens is 1. The summed E-state index contributed by atoms with van der Waals surface area (Å²) in [6, 6.07) is 6.86. The number of aliphatic carboxylic acids is 1. The molecule has 0 spiro atoms. The molecule has 13 heavy (non-hydrogen) atoms. The zero-order valence-corrected chi connectivity index (χ0v) is 7.12. The van der Waals surface area contributed by atoms with Crippen molar-refractivity contribution in [3.63, 3.8) is 0 Å². The molecule has 0 radical (unpaired) electrons. The lowest BCUT2D eigenvalue weighted by Gasteiger charge is -2.07. The summed E-state index contributed by atoms with van der Waals surface area (Å²) in [7, 11) is 0. The van der Waals surface area contributed by atoms with E-state index in [2.05, 4.69) is 5.32 Å². The van der Waals surface area contributed by atoms with Crippen LogP contribution >= 0.6 is 0 Å². The summed E-state index contributed by atoms with van der Waals surface area (Å²) in [5.41, 5.74) is 1.41. The van der Waals surface area contributed by atoms with Gasteiger partial charge in [-0.25, -0.2) is 9.18 Å². The first-order chi connectivity index (χ1) is 6.09. The summed E-state index contributed by atoms with van der Waals surface area (Å²) in [6.07, 6.45) is -2.05. The highest BCUT2D eigenvalue weighted by Crippen LogP contribution is 2.11. The molecule has 1 rings (SSSR count). The zero-order chi connectivity index (χ0) is 9.84. The summed E-state index contributed by atoms with van der Waals surface area (Å²) in [5, 5.41) is 10.5. The highest BCUT2D eigenvalue weighted by Gasteiger charge is 2.14. The van der Waals surface area contributed by atoms with Gasteiger partial charge in [0.25, 0.3) is 6.30 Å². The van der Waals surface area contributed by atoms with Crippen LogP contribution in [0.4, 0.5) is 10.1 Å². The maximum absolute atomic E-state index is 12.6. The maximum Gasteiger partial charge on any atom is 0.359 e. The van der Waals surface area contributed by atoms with Crippen LogP contribution in [-0.2, 0) is 4.79 Å². The fourth-order valence-corrected chi connectivity index (χ4v) is 0.943. The van der Waals surface area contributed by atoms with Crippen molar-refractivity contribution in [1.29, 1.82) is 0 Å². The zero-order valence-electron chi connectivity index (χ0n) is 7.12. The molecule has 3 nitrogen and oxygen atoms in total. The number of alkyl halides is 1. The average molecular weight is 183 g/mol. The Balaban J connectivity index is 2.69. The molecule has 0 fully saturated rings. The van der Waals surface area contributed by atoms with E-state index in [9.17, 15) is 9.18 Å². The van der Waals surface area contributed by atoms with Gasteiger partial charge in [-0.1, -0.05) is 12.1 Å². The highest BCUT2D eigenvalue weighted by atomic mass is 19.1. The summed E-state index contributed by atoms with van der Waals surface area (Å²) < 4.78 is 12.6. The first-order valence-corrected chi connectivity index (χ1v) is 3.79. The molecule has 2 N–H and O–H groups in total. The molecular formula is C9H10FNO2. The first-order valence-electron chi connectivity index (χ1n) is 3.79. The van der Waals surface area contributed by atoms with Crippen LogP contribution in [0.25, 0.3) is 0 Å². The van der Waals surface area contributed by atoms with E-state index < -0.39 is 12.3 Å². The molecule has 0 unspecified atom stereocenters. The Morgan fingerprint density at radius 3 is 2.85 bits per heavy atom. The number of hydrogen-bond acceptors (Lipinski definition) is 2. The van der Waals surface area contributed by atoms with Crippen molar-refractivity contribution in [2.24, 2.45) is 0 Å². The van der Waals surface area contributed by atoms with Crippen molar-refractivity contribution in [1.82, 2.24) is 0 Å². The lowest BCUT2D eigenvalue weighted by Crippen LogP contribution is -2.23. The van der Waals surface area contributed by atoms with Gasteiger partial charge in [0.15, 0.2) is 0 Å². The molecule has 0 aliphatic carbocycles. The van der Waals surface area contributed by atoms with Crippen molar-refractivity contribution in [2.75, 3.05) is 5.32 Å². The number of aryl methyl sites for hydroxylation is 1. The number of benzene rings is 1. The standard InChI is InChI=1S/C9H10FNO2/c1-6-3-2-4-7(5-6)11-8(10)9(12)13/h2-5,8,11H,1H3,(H,12,13)/t8-/m1/s1. The monoisotopic (exact) mass is 183 g/mol. The molecule has 0 heterocycles. The number of carbonyl (C=O) groups is 1. The van der Waals surface area contributed by atoms with Crippen molar-refractivity contribution in [3.8, 4) is 0 Å². The number of carboxylic acid groups (broad SMARTS) is 1. The number of hydrogen-bond donors (Lipinski definition) is 2. The molecule has 1 aromatic carbocycles. The van der Waals surface area contributed by atoms with Crippen molar-refractivity contribution < 1.29 is 14.3 Å². The van der Waals surface area contributed by atoms with E-state index >= 15 is 0 Å². The largest absolute Gasteiger partial charge is 0.478 e. The Bertz CT molecular complexity index is 314. The second-order valence-electron chi connectivity index (χ2n) is 2.71. The minimum absolute atomic E-state index is 0.468. The molecule has 70 valence electrons. The molecule has 0 saturated heterocycles. The van der Waals surface area contributed by atoms with E-state index in [0.29, 0.717) is 5.69 Å². The fraction of sp³-hybridized carbons (Fsp3) is 0.222. The first kappa shape index (κ1) is 9.51. The molecule has 0 bridgehead atoms. The van der Waals surface area contributed by atoms with Gasteiger partial charge >= 0.3 is 5.97 Å². The van der Waals surface area contributed by atoms with Gasteiger partial charge in [0.05, 0.1) is 0 Å². The van der Waals surface area contributed by atoms with Crippen LogP contribution in [0.3, 0.4) is 0 Å². The van der Waals surface area contributed by atoms with Gasteiger partial charge < -0.3 is 10.4 Å². The van der Waals surface area contributed by atoms with Gasteiger partial charge in [-0.3, -0.25) is 0 Å². The Kier molecular flexibility index (Phi) is 2.84. The van der Waals surface area contributed by atoms with E-state index in [4.69, 9.17) is 5.11 Å². The number of anilines is 1. The minimum Gasteiger partial charge on any atom is -0.478 e. The van der Waals surface area contributed by atoms with Crippen molar-refractivity contribution in [2.45, 2.75) is 13.2 Å². The van der Waals surface area contributed by atoms with Crippen LogP contribution in [0.15, 0.2) is 24.3 Å². The Morgan fingerprint density at radius 1 is 1.62 bits per heavy atom. The highest BCUT2D eigenvalue weighted by molar-refractivity contribution is 5.75. The van der Waals surface area contributed by atoms with Gasteiger partial charge in [0.1, 0.15) is 0 Å². The summed E-state index contributed by atoms with van der Waals surface area (Å²) in [4.78, 5) is 10.2. The maximum atomic E-state index is 12.6. The molecule has 0 aromatic heterocycles. The number of nitrogens with one attached hydrogen (secondary N) is 1. The molecule has 0 aliphatic rings. The minimum atomic E-state index is -2.05. The molecule has 0 amide bonds. The predicted octanol–water partition coefficient (Wildman–Crippen LogP) is 1.79. The average Bonchev–Trinajstić information content (AvgIpc) is 2.04. The molecular weight excluding hydrogens is 173 g/mol. The van der Waals surface area contributed by atoms with E-state index in [-0.39, 0.29) is 0 Å². The summed E-state index contributed by atoms with van der Waals surface area (Å²) in [6.45, 7) is 1.85. The van der Waals surface area contributed by atoms with Gasteiger partial charge in [-0.05, 0) is 24.6 Å². The van der Waals surface area contributed by atoms with Crippen molar-refractivity contribution in [3.05, 3.63) is 29.8 Å². The van der Waals surface area contributed by atoms with Crippen LogP contribution in [0, 0.1) is 6.92 Å². The molecule has 1 aromatic rings. The molecule has 0 saturated carbocycles. The third-order valence-electron chi connectivity index (χ3n) is 1.53. The van der Waals surface area contributed by atoms with Crippen LogP contribution in [0.2, 0.25) is 0 Å². The van der Waals surface area contributed by atoms with Crippen LogP contribution in [-0.4, -0.2) is 17.4 Å². The normalized spacial score (nSPS) is 12.2. The Hall–Kier alpha value is -1.58. The quantitative estimate of drug-likeness (QED) is 0.702. The SMILES string of the molecule is Cc1cccc(N[C@@H](F)C(=O)O)c1. The van der Waals surface area contributed by atoms with Crippen LogP contribution in [0.5, 0.6) is 0 Å². The van der Waals surface area contributed by atoms with Gasteiger partial charge in [-0.2, -0.15) is 0 Å².